The van der Waals surface area contributed by atoms with Gasteiger partial charge in [-0.05, 0) is 32.4 Å². The second kappa shape index (κ2) is 7.62. The number of aromatic nitrogens is 3. The van der Waals surface area contributed by atoms with Crippen LogP contribution in [-0.4, -0.2) is 52.3 Å². The van der Waals surface area contributed by atoms with Crippen LogP contribution in [0.25, 0.3) is 0 Å². The number of hydrogen-bond donors (Lipinski definition) is 1. The number of thioether (sulfide) groups is 1. The van der Waals surface area contributed by atoms with Crippen LogP contribution in [0.15, 0.2) is 13.8 Å². The van der Waals surface area contributed by atoms with Crippen molar-refractivity contribution in [2.75, 3.05) is 17.6 Å². The first kappa shape index (κ1) is 19.3. The lowest BCUT2D eigenvalue weighted by molar-refractivity contribution is -0.119. The zero-order valence-electron chi connectivity index (χ0n) is 14.6. The van der Waals surface area contributed by atoms with Crippen LogP contribution in [0.5, 0.6) is 0 Å². The van der Waals surface area contributed by atoms with Crippen LogP contribution in [0.1, 0.15) is 31.2 Å². The topological polar surface area (TPSA) is 118 Å². The Morgan fingerprint density at radius 1 is 1.42 bits per heavy atom. The van der Waals surface area contributed by atoms with E-state index in [0.717, 1.165) is 10.1 Å². The van der Waals surface area contributed by atoms with Crippen LogP contribution < -0.4 is 5.32 Å². The molecule has 0 bridgehead atoms. The van der Waals surface area contributed by atoms with Gasteiger partial charge in [0, 0.05) is 6.54 Å². The van der Waals surface area contributed by atoms with Gasteiger partial charge in [-0.25, -0.2) is 8.42 Å². The SMILES string of the molecule is CCSc1nnc(NC(=O)[C@@H]2CCCN2S(=O)(=O)c2c(C)noc2C)s1. The average Bonchev–Trinajstić information content (AvgIpc) is 3.28. The normalized spacial score (nSPS) is 18.3. The first-order valence-corrected chi connectivity index (χ1v) is 11.3. The van der Waals surface area contributed by atoms with Gasteiger partial charge < -0.3 is 4.52 Å². The number of hydrogen-bond acceptors (Lipinski definition) is 9. The minimum atomic E-state index is -3.87. The molecule has 1 fully saturated rings. The van der Waals surface area contributed by atoms with E-state index in [0.29, 0.717) is 23.7 Å². The van der Waals surface area contributed by atoms with E-state index >= 15 is 0 Å². The molecule has 1 saturated heterocycles. The Morgan fingerprint density at radius 3 is 2.85 bits per heavy atom. The van der Waals surface area contributed by atoms with Crippen molar-refractivity contribution in [3.63, 3.8) is 0 Å². The van der Waals surface area contributed by atoms with Crippen molar-refractivity contribution < 1.29 is 17.7 Å². The van der Waals surface area contributed by atoms with E-state index in [1.165, 1.54) is 27.4 Å². The molecule has 1 amide bonds. The van der Waals surface area contributed by atoms with Crippen molar-refractivity contribution in [2.45, 2.75) is 48.9 Å². The van der Waals surface area contributed by atoms with Crippen LogP contribution >= 0.6 is 23.1 Å². The Bertz CT molecular complexity index is 888. The van der Waals surface area contributed by atoms with E-state index in [2.05, 4.69) is 20.7 Å². The number of carbonyl (C=O) groups excluding carboxylic acids is 1. The summed E-state index contributed by atoms with van der Waals surface area (Å²) >= 11 is 2.80. The molecule has 3 heterocycles. The molecule has 2 aromatic heterocycles. The van der Waals surface area contributed by atoms with Crippen molar-refractivity contribution in [3.8, 4) is 0 Å². The first-order chi connectivity index (χ1) is 12.3. The van der Waals surface area contributed by atoms with E-state index in [1.807, 2.05) is 6.92 Å². The van der Waals surface area contributed by atoms with Crippen molar-refractivity contribution in [3.05, 3.63) is 11.5 Å². The zero-order valence-corrected chi connectivity index (χ0v) is 17.0. The Hall–Kier alpha value is -1.50. The van der Waals surface area contributed by atoms with Gasteiger partial charge >= 0.3 is 0 Å². The number of carbonyl (C=O) groups is 1. The summed E-state index contributed by atoms with van der Waals surface area (Å²) in [5, 5.41) is 14.7. The highest BCUT2D eigenvalue weighted by Gasteiger charge is 2.42. The molecule has 1 aliphatic heterocycles. The smallest absolute Gasteiger partial charge is 0.249 e. The third kappa shape index (κ3) is 3.63. The molecule has 1 atom stereocenters. The Kier molecular flexibility index (Phi) is 5.65. The second-order valence-electron chi connectivity index (χ2n) is 5.72. The van der Waals surface area contributed by atoms with E-state index in [4.69, 9.17) is 4.52 Å². The largest absolute Gasteiger partial charge is 0.360 e. The molecule has 1 N–H and O–H groups in total. The van der Waals surface area contributed by atoms with Crippen molar-refractivity contribution in [1.29, 1.82) is 0 Å². The van der Waals surface area contributed by atoms with Crippen molar-refractivity contribution in [2.24, 2.45) is 0 Å². The molecular weight excluding hydrogens is 398 g/mol. The van der Waals surface area contributed by atoms with Gasteiger partial charge in [0.2, 0.25) is 21.1 Å². The Balaban J connectivity index is 1.80. The highest BCUT2D eigenvalue weighted by Crippen LogP contribution is 2.31. The minimum Gasteiger partial charge on any atom is -0.360 e. The molecule has 0 aromatic carbocycles. The first-order valence-electron chi connectivity index (χ1n) is 8.06. The number of aryl methyl sites for hydroxylation is 2. The van der Waals surface area contributed by atoms with Crippen molar-refractivity contribution >= 4 is 44.2 Å². The highest BCUT2D eigenvalue weighted by molar-refractivity contribution is 8.01. The number of anilines is 1. The molecule has 142 valence electrons. The molecule has 0 radical (unpaired) electrons. The monoisotopic (exact) mass is 417 g/mol. The fourth-order valence-electron chi connectivity index (χ4n) is 2.88. The van der Waals surface area contributed by atoms with E-state index in [1.54, 1.807) is 13.8 Å². The number of sulfonamides is 1. The van der Waals surface area contributed by atoms with Crippen LogP contribution in [0.2, 0.25) is 0 Å². The summed E-state index contributed by atoms with van der Waals surface area (Å²) in [7, 11) is -3.87. The minimum absolute atomic E-state index is 0.0368. The van der Waals surface area contributed by atoms with E-state index < -0.39 is 22.0 Å². The van der Waals surface area contributed by atoms with Crippen LogP contribution in [0.3, 0.4) is 0 Å². The summed E-state index contributed by atoms with van der Waals surface area (Å²) in [6, 6.07) is -0.792. The van der Waals surface area contributed by atoms with Crippen LogP contribution in [0.4, 0.5) is 5.13 Å². The summed E-state index contributed by atoms with van der Waals surface area (Å²) in [6.45, 7) is 5.40. The second-order valence-corrected chi connectivity index (χ2v) is 10.0. The molecule has 0 unspecified atom stereocenters. The molecule has 0 saturated carbocycles. The molecule has 1 aliphatic rings. The third-order valence-electron chi connectivity index (χ3n) is 3.95. The maximum atomic E-state index is 13.0. The molecule has 26 heavy (non-hydrogen) atoms. The maximum Gasteiger partial charge on any atom is 0.249 e. The van der Waals surface area contributed by atoms with Crippen LogP contribution in [-0.2, 0) is 14.8 Å². The zero-order chi connectivity index (χ0) is 18.9. The van der Waals surface area contributed by atoms with Gasteiger partial charge in [0.25, 0.3) is 0 Å². The van der Waals surface area contributed by atoms with Gasteiger partial charge in [0.15, 0.2) is 10.1 Å². The summed E-state index contributed by atoms with van der Waals surface area (Å²) in [6.07, 6.45) is 1.05. The Labute approximate surface area is 159 Å². The van der Waals surface area contributed by atoms with Gasteiger partial charge in [-0.3, -0.25) is 10.1 Å². The molecule has 2 aromatic rings. The van der Waals surface area contributed by atoms with Gasteiger partial charge in [-0.1, -0.05) is 35.2 Å². The molecule has 12 heteroatoms. The standard InChI is InChI=1S/C14H19N5O4S3/c1-4-24-14-17-16-13(25-14)15-12(20)10-6-5-7-19(10)26(21,22)11-8(2)18-23-9(11)3/h10H,4-7H2,1-3H3,(H,15,16,20)/t10-/m0/s1. The Morgan fingerprint density at radius 2 is 2.19 bits per heavy atom. The summed E-state index contributed by atoms with van der Waals surface area (Å²) in [5.74, 6) is 0.676. The lowest BCUT2D eigenvalue weighted by Crippen LogP contribution is -2.43. The van der Waals surface area contributed by atoms with Crippen molar-refractivity contribution in [1.82, 2.24) is 19.7 Å². The molecule has 0 spiro atoms. The summed E-state index contributed by atoms with van der Waals surface area (Å²) in [5.41, 5.74) is 0.291. The lowest BCUT2D eigenvalue weighted by Gasteiger charge is -2.22. The lowest BCUT2D eigenvalue weighted by atomic mass is 10.2. The number of nitrogens with zero attached hydrogens (tertiary/aromatic N) is 4. The number of rotatable bonds is 6. The number of amides is 1. The summed E-state index contributed by atoms with van der Waals surface area (Å²) in [4.78, 5) is 12.7. The fraction of sp³-hybridized carbons (Fsp3) is 0.571. The van der Waals surface area contributed by atoms with Gasteiger partial charge in [0.05, 0.1) is 0 Å². The maximum absolute atomic E-state index is 13.0. The predicted octanol–water partition coefficient (Wildman–Crippen LogP) is 2.05. The molecule has 9 nitrogen and oxygen atoms in total. The molecular formula is C14H19N5O4S3. The predicted molar refractivity (Wildman–Crippen MR) is 97.8 cm³/mol. The average molecular weight is 418 g/mol. The molecule has 0 aliphatic carbocycles. The molecule has 3 rings (SSSR count). The fourth-order valence-corrected chi connectivity index (χ4v) is 6.48. The van der Waals surface area contributed by atoms with Gasteiger partial charge in [0.1, 0.15) is 16.6 Å². The van der Waals surface area contributed by atoms with Crippen LogP contribution in [0, 0.1) is 13.8 Å². The van der Waals surface area contributed by atoms with E-state index in [-0.39, 0.29) is 17.2 Å². The number of nitrogens with one attached hydrogen (secondary N) is 1. The van der Waals surface area contributed by atoms with Gasteiger partial charge in [-0.15, -0.1) is 10.2 Å². The van der Waals surface area contributed by atoms with Gasteiger partial charge in [-0.2, -0.15) is 4.31 Å². The summed E-state index contributed by atoms with van der Waals surface area (Å²) < 4.78 is 33.0. The highest BCUT2D eigenvalue weighted by atomic mass is 32.2. The third-order valence-corrected chi connectivity index (χ3v) is 7.95. The quantitative estimate of drug-likeness (QED) is 0.560. The van der Waals surface area contributed by atoms with E-state index in [9.17, 15) is 13.2 Å².